The second-order valence-electron chi connectivity index (χ2n) is 4.63. The molecule has 1 N–H and O–H groups in total. The van der Waals surface area contributed by atoms with E-state index in [1.54, 1.807) is 12.3 Å². The molecule has 3 nitrogen and oxygen atoms in total. The molecule has 0 amide bonds. The fourth-order valence-corrected chi connectivity index (χ4v) is 2.68. The Morgan fingerprint density at radius 2 is 1.94 bits per heavy atom. The molecule has 1 aliphatic heterocycles. The minimum absolute atomic E-state index is 0.493. The van der Waals surface area contributed by atoms with Crippen LogP contribution < -0.4 is 5.43 Å². The highest BCUT2D eigenvalue weighted by Crippen LogP contribution is 2.27. The van der Waals surface area contributed by atoms with Gasteiger partial charge in [0.25, 0.3) is 0 Å². The van der Waals surface area contributed by atoms with Gasteiger partial charge in [0.15, 0.2) is 5.82 Å². The Kier molecular flexibility index (Phi) is 4.13. The van der Waals surface area contributed by atoms with Crippen LogP contribution in [0.4, 0.5) is 5.82 Å². The number of nitrogens with one attached hydrogen (secondary N) is 1. The van der Waals surface area contributed by atoms with Crippen LogP contribution in [0.5, 0.6) is 0 Å². The van der Waals surface area contributed by atoms with Crippen molar-refractivity contribution in [1.29, 1.82) is 0 Å². The first-order chi connectivity index (χ1) is 8.08. The first-order valence-electron chi connectivity index (χ1n) is 5.94. The Morgan fingerprint density at radius 3 is 2.53 bits per heavy atom. The van der Waals surface area contributed by atoms with E-state index in [1.807, 2.05) is 0 Å². The van der Waals surface area contributed by atoms with Crippen LogP contribution in [0, 0.1) is 0 Å². The van der Waals surface area contributed by atoms with E-state index in [0.717, 1.165) is 0 Å². The predicted molar refractivity (Wildman–Crippen MR) is 72.5 cm³/mol. The molecule has 2 rings (SSSR count). The van der Waals surface area contributed by atoms with E-state index in [1.165, 1.54) is 19.3 Å². The van der Waals surface area contributed by atoms with Crippen LogP contribution in [-0.4, -0.2) is 22.1 Å². The standard InChI is InChI=1S/C12H17Cl2N3/c1-8-4-3-5-9(2)17(8)16-12-11(14)6-10(13)7-15-12/h6-9H,3-5H2,1-2H3,(H,15,16). The summed E-state index contributed by atoms with van der Waals surface area (Å²) in [4.78, 5) is 4.22. The van der Waals surface area contributed by atoms with Crippen LogP contribution in [0.1, 0.15) is 33.1 Å². The monoisotopic (exact) mass is 273 g/mol. The zero-order chi connectivity index (χ0) is 12.4. The highest BCUT2D eigenvalue weighted by molar-refractivity contribution is 6.35. The number of halogens is 2. The molecule has 2 atom stereocenters. The molecule has 94 valence electrons. The maximum atomic E-state index is 6.11. The van der Waals surface area contributed by atoms with Crippen molar-refractivity contribution >= 4 is 29.0 Å². The van der Waals surface area contributed by atoms with E-state index in [9.17, 15) is 0 Å². The number of hydrogen-bond acceptors (Lipinski definition) is 3. The Balaban J connectivity index is 2.13. The summed E-state index contributed by atoms with van der Waals surface area (Å²) in [5.74, 6) is 0.677. The average Bonchev–Trinajstić information content (AvgIpc) is 2.26. The summed E-state index contributed by atoms with van der Waals surface area (Å²) < 4.78 is 0. The van der Waals surface area contributed by atoms with Crippen LogP contribution in [0.2, 0.25) is 10.0 Å². The molecule has 1 aromatic rings. The van der Waals surface area contributed by atoms with Gasteiger partial charge in [0.05, 0.1) is 10.0 Å². The Morgan fingerprint density at radius 1 is 1.29 bits per heavy atom. The number of pyridine rings is 1. The van der Waals surface area contributed by atoms with E-state index in [-0.39, 0.29) is 0 Å². The van der Waals surface area contributed by atoms with Gasteiger partial charge in [0.1, 0.15) is 0 Å². The molecule has 2 heterocycles. The fourth-order valence-electron chi connectivity index (χ4n) is 2.26. The van der Waals surface area contributed by atoms with Gasteiger partial charge in [-0.1, -0.05) is 29.6 Å². The Labute approximate surface area is 112 Å². The van der Waals surface area contributed by atoms with Crippen LogP contribution >= 0.6 is 23.2 Å². The summed E-state index contributed by atoms with van der Waals surface area (Å²) in [6.45, 7) is 4.43. The molecular formula is C12H17Cl2N3. The number of rotatable bonds is 2. The third-order valence-electron chi connectivity index (χ3n) is 3.24. The lowest BCUT2D eigenvalue weighted by atomic mass is 10.00. The van der Waals surface area contributed by atoms with Crippen LogP contribution in [0.3, 0.4) is 0 Å². The predicted octanol–water partition coefficient (Wildman–Crippen LogP) is 3.98. The van der Waals surface area contributed by atoms with E-state index in [4.69, 9.17) is 23.2 Å². The second-order valence-corrected chi connectivity index (χ2v) is 5.48. The third kappa shape index (κ3) is 3.03. The molecule has 5 heteroatoms. The molecular weight excluding hydrogens is 257 g/mol. The lowest BCUT2D eigenvalue weighted by Crippen LogP contribution is -2.47. The Hall–Kier alpha value is -0.510. The fraction of sp³-hybridized carbons (Fsp3) is 0.583. The lowest BCUT2D eigenvalue weighted by molar-refractivity contribution is 0.135. The SMILES string of the molecule is CC1CCCC(C)N1Nc1ncc(Cl)cc1Cl. The van der Waals surface area contributed by atoms with Crippen molar-refractivity contribution in [3.8, 4) is 0 Å². The summed E-state index contributed by atoms with van der Waals surface area (Å²) in [5.41, 5.74) is 3.31. The normalized spacial score (nSPS) is 25.9. The number of piperidine rings is 1. The third-order valence-corrected chi connectivity index (χ3v) is 3.73. The molecule has 1 fully saturated rings. The topological polar surface area (TPSA) is 28.2 Å². The molecule has 1 saturated heterocycles. The van der Waals surface area contributed by atoms with Crippen molar-refractivity contribution < 1.29 is 0 Å². The van der Waals surface area contributed by atoms with E-state index in [0.29, 0.717) is 27.9 Å². The minimum atomic E-state index is 0.493. The van der Waals surface area contributed by atoms with Gasteiger partial charge in [-0.05, 0) is 32.8 Å². The van der Waals surface area contributed by atoms with Crippen LogP contribution in [0.15, 0.2) is 12.3 Å². The van der Waals surface area contributed by atoms with E-state index >= 15 is 0 Å². The van der Waals surface area contributed by atoms with Gasteiger partial charge in [-0.3, -0.25) is 0 Å². The minimum Gasteiger partial charge on any atom is -0.301 e. The summed E-state index contributed by atoms with van der Waals surface area (Å²) in [7, 11) is 0. The van der Waals surface area contributed by atoms with Gasteiger partial charge in [-0.2, -0.15) is 0 Å². The summed E-state index contributed by atoms with van der Waals surface area (Å²) in [6, 6.07) is 2.69. The van der Waals surface area contributed by atoms with Crippen molar-refractivity contribution in [3.63, 3.8) is 0 Å². The summed E-state index contributed by atoms with van der Waals surface area (Å²) >= 11 is 11.9. The molecule has 0 radical (unpaired) electrons. The zero-order valence-corrected chi connectivity index (χ0v) is 11.6. The first kappa shape index (κ1) is 12.9. The molecule has 0 saturated carbocycles. The van der Waals surface area contributed by atoms with Crippen molar-refractivity contribution in [2.75, 3.05) is 5.43 Å². The van der Waals surface area contributed by atoms with Gasteiger partial charge in [0, 0.05) is 18.3 Å². The maximum absolute atomic E-state index is 6.11. The highest BCUT2D eigenvalue weighted by atomic mass is 35.5. The number of aromatic nitrogens is 1. The number of hydrogen-bond donors (Lipinski definition) is 1. The molecule has 0 spiro atoms. The van der Waals surface area contributed by atoms with Crippen LogP contribution in [0.25, 0.3) is 0 Å². The average molecular weight is 274 g/mol. The molecule has 17 heavy (non-hydrogen) atoms. The smallest absolute Gasteiger partial charge is 0.159 e. The quantitative estimate of drug-likeness (QED) is 0.884. The van der Waals surface area contributed by atoms with Gasteiger partial charge in [-0.15, -0.1) is 0 Å². The number of nitrogens with zero attached hydrogens (tertiary/aromatic N) is 2. The second kappa shape index (κ2) is 5.42. The summed E-state index contributed by atoms with van der Waals surface area (Å²) in [6.07, 6.45) is 5.28. The number of anilines is 1. The van der Waals surface area contributed by atoms with Gasteiger partial charge >= 0.3 is 0 Å². The Bertz CT molecular complexity index is 387. The summed E-state index contributed by atoms with van der Waals surface area (Å²) in [5, 5.41) is 3.34. The van der Waals surface area contributed by atoms with Crippen molar-refractivity contribution in [2.24, 2.45) is 0 Å². The molecule has 0 aromatic carbocycles. The maximum Gasteiger partial charge on any atom is 0.159 e. The van der Waals surface area contributed by atoms with Gasteiger partial charge < -0.3 is 5.43 Å². The van der Waals surface area contributed by atoms with Crippen LogP contribution in [-0.2, 0) is 0 Å². The molecule has 0 bridgehead atoms. The lowest BCUT2D eigenvalue weighted by Gasteiger charge is -2.39. The zero-order valence-electron chi connectivity index (χ0n) is 10.1. The molecule has 1 aromatic heterocycles. The van der Waals surface area contributed by atoms with Gasteiger partial charge in [0.2, 0.25) is 0 Å². The molecule has 0 aliphatic carbocycles. The van der Waals surface area contributed by atoms with Crippen molar-refractivity contribution in [3.05, 3.63) is 22.3 Å². The van der Waals surface area contributed by atoms with Crippen molar-refractivity contribution in [1.82, 2.24) is 9.99 Å². The number of hydrazine groups is 1. The van der Waals surface area contributed by atoms with E-state index < -0.39 is 0 Å². The van der Waals surface area contributed by atoms with Gasteiger partial charge in [-0.25, -0.2) is 9.99 Å². The first-order valence-corrected chi connectivity index (χ1v) is 6.69. The molecule has 1 aliphatic rings. The van der Waals surface area contributed by atoms with Crippen molar-refractivity contribution in [2.45, 2.75) is 45.2 Å². The van der Waals surface area contributed by atoms with E-state index in [2.05, 4.69) is 29.3 Å². The molecule has 2 unspecified atom stereocenters. The largest absolute Gasteiger partial charge is 0.301 e. The highest BCUT2D eigenvalue weighted by Gasteiger charge is 2.25.